The third-order valence-electron chi connectivity index (χ3n) is 1.99. The second-order valence-corrected chi connectivity index (χ2v) is 2.92. The number of nitrogens with zero attached hydrogens (tertiary/aromatic N) is 2. The van der Waals surface area contributed by atoms with Gasteiger partial charge >= 0.3 is 0 Å². The van der Waals surface area contributed by atoms with E-state index >= 15 is 0 Å². The number of amides is 1. The number of aromatic nitrogens is 2. The van der Waals surface area contributed by atoms with Crippen molar-refractivity contribution in [2.75, 3.05) is 19.4 Å². The Balaban J connectivity index is 3.27. The van der Waals surface area contributed by atoms with Crippen LogP contribution < -0.4 is 10.6 Å². The van der Waals surface area contributed by atoms with E-state index in [9.17, 15) is 4.79 Å². The van der Waals surface area contributed by atoms with Gasteiger partial charge in [-0.25, -0.2) is 9.97 Å². The summed E-state index contributed by atoms with van der Waals surface area (Å²) in [5.74, 6) is 0.275. The molecule has 0 bridgehead atoms. The van der Waals surface area contributed by atoms with E-state index in [0.717, 1.165) is 11.4 Å². The molecule has 2 N–H and O–H groups in total. The van der Waals surface area contributed by atoms with Crippen LogP contribution in [0.3, 0.4) is 0 Å². The largest absolute Gasteiger partial charge is 0.371 e. The maximum absolute atomic E-state index is 11.4. The molecule has 0 spiro atoms. The molecule has 0 aliphatic rings. The van der Waals surface area contributed by atoms with Gasteiger partial charge in [-0.3, -0.25) is 4.79 Å². The van der Waals surface area contributed by atoms with E-state index in [-0.39, 0.29) is 5.91 Å². The standard InChI is InChI=1S/C9H14N4O/c1-5-6(2)13-8(10-3)7(12-5)9(14)11-4/h1-4H3,(H,10,13)(H,11,14). The minimum absolute atomic E-state index is 0.232. The molecule has 0 aliphatic carbocycles. The van der Waals surface area contributed by atoms with E-state index in [4.69, 9.17) is 0 Å². The van der Waals surface area contributed by atoms with Crippen LogP contribution in [0, 0.1) is 13.8 Å². The Kier molecular flexibility index (Phi) is 3.01. The monoisotopic (exact) mass is 194 g/mol. The minimum Gasteiger partial charge on any atom is -0.371 e. The predicted molar refractivity (Wildman–Crippen MR) is 54.4 cm³/mol. The number of anilines is 1. The molecule has 0 saturated carbocycles. The topological polar surface area (TPSA) is 66.9 Å². The van der Waals surface area contributed by atoms with Gasteiger partial charge < -0.3 is 10.6 Å². The van der Waals surface area contributed by atoms with Gasteiger partial charge in [0, 0.05) is 14.1 Å². The number of hydrogen-bond donors (Lipinski definition) is 2. The molecule has 0 atom stereocenters. The summed E-state index contributed by atoms with van der Waals surface area (Å²) in [6.45, 7) is 3.69. The summed E-state index contributed by atoms with van der Waals surface area (Å²) in [6.07, 6.45) is 0. The Morgan fingerprint density at radius 3 is 2.21 bits per heavy atom. The molecule has 1 rings (SSSR count). The van der Waals surface area contributed by atoms with Crippen LogP contribution in [0.5, 0.6) is 0 Å². The Bertz CT molecular complexity index is 362. The first-order valence-corrected chi connectivity index (χ1v) is 4.35. The maximum atomic E-state index is 11.4. The first-order chi connectivity index (χ1) is 6.60. The quantitative estimate of drug-likeness (QED) is 0.719. The minimum atomic E-state index is -0.232. The molecule has 76 valence electrons. The smallest absolute Gasteiger partial charge is 0.273 e. The SMILES string of the molecule is CNC(=O)c1nc(C)c(C)nc1NC. The normalized spacial score (nSPS) is 9.71. The molecule has 0 aliphatic heterocycles. The molecule has 1 amide bonds. The van der Waals surface area contributed by atoms with Crippen LogP contribution in [0.25, 0.3) is 0 Å². The predicted octanol–water partition coefficient (Wildman–Crippen LogP) is 0.495. The van der Waals surface area contributed by atoms with Crippen molar-refractivity contribution < 1.29 is 4.79 Å². The van der Waals surface area contributed by atoms with Crippen molar-refractivity contribution >= 4 is 11.7 Å². The molecule has 1 heterocycles. The fourth-order valence-corrected chi connectivity index (χ4v) is 1.05. The van der Waals surface area contributed by atoms with Crippen molar-refractivity contribution in [1.82, 2.24) is 15.3 Å². The number of rotatable bonds is 2. The molecule has 0 aromatic carbocycles. The van der Waals surface area contributed by atoms with E-state index < -0.39 is 0 Å². The summed E-state index contributed by atoms with van der Waals surface area (Å²) in [6, 6.07) is 0. The highest BCUT2D eigenvalue weighted by Gasteiger charge is 2.13. The molecule has 0 unspecified atom stereocenters. The Labute approximate surface area is 83.0 Å². The van der Waals surface area contributed by atoms with Gasteiger partial charge in [-0.15, -0.1) is 0 Å². The van der Waals surface area contributed by atoms with Crippen molar-refractivity contribution in [2.45, 2.75) is 13.8 Å². The van der Waals surface area contributed by atoms with Gasteiger partial charge in [0.25, 0.3) is 5.91 Å². The van der Waals surface area contributed by atoms with E-state index in [1.807, 2.05) is 13.8 Å². The first kappa shape index (κ1) is 10.4. The molecule has 5 heteroatoms. The number of carbonyl (C=O) groups is 1. The van der Waals surface area contributed by atoms with Crippen molar-refractivity contribution in [1.29, 1.82) is 0 Å². The molecule has 14 heavy (non-hydrogen) atoms. The van der Waals surface area contributed by atoms with E-state index in [1.165, 1.54) is 0 Å². The fraction of sp³-hybridized carbons (Fsp3) is 0.444. The molecule has 1 aromatic heterocycles. The molecule has 0 fully saturated rings. The van der Waals surface area contributed by atoms with Crippen molar-refractivity contribution in [2.24, 2.45) is 0 Å². The van der Waals surface area contributed by atoms with E-state index in [1.54, 1.807) is 14.1 Å². The molecular formula is C9H14N4O. The van der Waals surface area contributed by atoms with Crippen LogP contribution >= 0.6 is 0 Å². The second kappa shape index (κ2) is 4.04. The maximum Gasteiger partial charge on any atom is 0.273 e. The third-order valence-corrected chi connectivity index (χ3v) is 1.99. The summed E-state index contributed by atoms with van der Waals surface area (Å²) in [7, 11) is 3.28. The Hall–Kier alpha value is -1.65. The van der Waals surface area contributed by atoms with E-state index in [2.05, 4.69) is 20.6 Å². The van der Waals surface area contributed by atoms with Crippen LogP contribution in [0.15, 0.2) is 0 Å². The van der Waals surface area contributed by atoms with Gasteiger partial charge in [0.15, 0.2) is 11.5 Å². The van der Waals surface area contributed by atoms with E-state index in [0.29, 0.717) is 11.5 Å². The van der Waals surface area contributed by atoms with Crippen LogP contribution in [-0.4, -0.2) is 30.0 Å². The first-order valence-electron chi connectivity index (χ1n) is 4.35. The van der Waals surface area contributed by atoms with Crippen molar-refractivity contribution in [3.8, 4) is 0 Å². The Morgan fingerprint density at radius 1 is 1.14 bits per heavy atom. The van der Waals surface area contributed by atoms with Gasteiger partial charge in [0.2, 0.25) is 0 Å². The van der Waals surface area contributed by atoms with Gasteiger partial charge in [-0.05, 0) is 13.8 Å². The highest BCUT2D eigenvalue weighted by molar-refractivity contribution is 5.96. The summed E-state index contributed by atoms with van der Waals surface area (Å²) >= 11 is 0. The summed E-state index contributed by atoms with van der Waals surface area (Å²) in [5, 5.41) is 5.37. The summed E-state index contributed by atoms with van der Waals surface area (Å²) in [4.78, 5) is 19.8. The van der Waals surface area contributed by atoms with Gasteiger partial charge in [0.05, 0.1) is 11.4 Å². The van der Waals surface area contributed by atoms with Crippen LogP contribution in [0.4, 0.5) is 5.82 Å². The van der Waals surface area contributed by atoms with Crippen LogP contribution in [0.1, 0.15) is 21.9 Å². The number of hydrogen-bond acceptors (Lipinski definition) is 4. The van der Waals surface area contributed by atoms with Crippen molar-refractivity contribution in [3.05, 3.63) is 17.1 Å². The lowest BCUT2D eigenvalue weighted by Crippen LogP contribution is -2.22. The Morgan fingerprint density at radius 2 is 1.71 bits per heavy atom. The fourth-order valence-electron chi connectivity index (χ4n) is 1.05. The zero-order chi connectivity index (χ0) is 10.7. The molecule has 0 saturated heterocycles. The summed E-state index contributed by atoms with van der Waals surface area (Å²) in [5.41, 5.74) is 1.92. The lowest BCUT2D eigenvalue weighted by atomic mass is 10.3. The number of aryl methyl sites for hydroxylation is 2. The zero-order valence-corrected chi connectivity index (χ0v) is 8.80. The van der Waals surface area contributed by atoms with Gasteiger partial charge in [-0.2, -0.15) is 0 Å². The molecular weight excluding hydrogens is 180 g/mol. The third kappa shape index (κ3) is 1.81. The lowest BCUT2D eigenvalue weighted by molar-refractivity contribution is 0.0958. The van der Waals surface area contributed by atoms with Crippen LogP contribution in [-0.2, 0) is 0 Å². The number of carbonyl (C=O) groups excluding carboxylic acids is 1. The van der Waals surface area contributed by atoms with Crippen molar-refractivity contribution in [3.63, 3.8) is 0 Å². The molecule has 5 nitrogen and oxygen atoms in total. The van der Waals surface area contributed by atoms with Gasteiger partial charge in [0.1, 0.15) is 0 Å². The number of nitrogens with one attached hydrogen (secondary N) is 2. The average molecular weight is 194 g/mol. The highest BCUT2D eigenvalue weighted by Crippen LogP contribution is 2.12. The zero-order valence-electron chi connectivity index (χ0n) is 8.80. The molecule has 0 radical (unpaired) electrons. The lowest BCUT2D eigenvalue weighted by Gasteiger charge is -2.08. The highest BCUT2D eigenvalue weighted by atomic mass is 16.1. The average Bonchev–Trinajstić information content (AvgIpc) is 2.20. The van der Waals surface area contributed by atoms with Gasteiger partial charge in [-0.1, -0.05) is 0 Å². The molecule has 1 aromatic rings. The van der Waals surface area contributed by atoms with Crippen LogP contribution in [0.2, 0.25) is 0 Å². The summed E-state index contributed by atoms with van der Waals surface area (Å²) < 4.78 is 0. The second-order valence-electron chi connectivity index (χ2n) is 2.92.